The molecule has 2 amide bonds. The molecule has 1 aromatic rings. The molecule has 1 unspecified atom stereocenters. The van der Waals surface area contributed by atoms with Crippen LogP contribution in [-0.2, 0) is 9.59 Å². The second-order valence-corrected chi connectivity index (χ2v) is 4.92. The predicted octanol–water partition coefficient (Wildman–Crippen LogP) is -1.06. The lowest BCUT2D eigenvalue weighted by Gasteiger charge is -2.28. The molecular formula is C13H17N4O4+. The molecule has 1 aliphatic heterocycles. The molecular weight excluding hydrogens is 276 g/mol. The highest BCUT2D eigenvalue weighted by Gasteiger charge is 2.30. The molecule has 0 aliphatic carbocycles. The number of para-hydroxylation sites is 2. The van der Waals surface area contributed by atoms with Gasteiger partial charge in [-0.2, -0.15) is 0 Å². The van der Waals surface area contributed by atoms with E-state index >= 15 is 0 Å². The van der Waals surface area contributed by atoms with E-state index < -0.39 is 11.0 Å². The number of hydrogen-bond donors (Lipinski definition) is 3. The summed E-state index contributed by atoms with van der Waals surface area (Å²) < 4.78 is 0. The van der Waals surface area contributed by atoms with Crippen LogP contribution in [0.3, 0.4) is 0 Å². The van der Waals surface area contributed by atoms with Crippen molar-refractivity contribution in [2.24, 2.45) is 0 Å². The van der Waals surface area contributed by atoms with Gasteiger partial charge in [0.25, 0.3) is 17.5 Å². The number of nitrogens with zero attached hydrogens (tertiary/aromatic N) is 1. The number of carbonyl (C=O) groups is 2. The van der Waals surface area contributed by atoms with Crippen LogP contribution >= 0.6 is 0 Å². The number of nitro benzene ring substituents is 1. The van der Waals surface area contributed by atoms with Crippen LogP contribution in [-0.4, -0.2) is 42.4 Å². The first kappa shape index (κ1) is 14.9. The Kier molecular flexibility index (Phi) is 4.49. The molecule has 2 atom stereocenters. The maximum absolute atomic E-state index is 12.2. The topological polar surface area (TPSA) is 106 Å². The van der Waals surface area contributed by atoms with Gasteiger partial charge >= 0.3 is 0 Å². The molecule has 1 aliphatic rings. The number of piperazine rings is 1. The van der Waals surface area contributed by atoms with Gasteiger partial charge in [0.2, 0.25) is 0 Å². The van der Waals surface area contributed by atoms with Crippen molar-refractivity contribution < 1.29 is 19.4 Å². The zero-order valence-corrected chi connectivity index (χ0v) is 11.6. The molecule has 0 aromatic heterocycles. The van der Waals surface area contributed by atoms with Gasteiger partial charge in [0, 0.05) is 6.07 Å². The van der Waals surface area contributed by atoms with Crippen LogP contribution in [0.2, 0.25) is 0 Å². The summed E-state index contributed by atoms with van der Waals surface area (Å²) in [5.41, 5.74) is 0.0182. The van der Waals surface area contributed by atoms with Gasteiger partial charge in [0.1, 0.15) is 5.69 Å². The van der Waals surface area contributed by atoms with Crippen LogP contribution in [0.5, 0.6) is 0 Å². The lowest BCUT2D eigenvalue weighted by atomic mass is 10.2. The van der Waals surface area contributed by atoms with Gasteiger partial charge in [-0.1, -0.05) is 12.1 Å². The number of quaternary nitrogens is 1. The van der Waals surface area contributed by atoms with Crippen LogP contribution in [0.4, 0.5) is 11.4 Å². The summed E-state index contributed by atoms with van der Waals surface area (Å²) in [5.74, 6) is -0.435. The summed E-state index contributed by atoms with van der Waals surface area (Å²) in [7, 11) is 0. The van der Waals surface area contributed by atoms with Crippen molar-refractivity contribution >= 4 is 23.2 Å². The predicted molar refractivity (Wildman–Crippen MR) is 74.9 cm³/mol. The first-order valence-corrected chi connectivity index (χ1v) is 6.64. The van der Waals surface area contributed by atoms with Crippen LogP contribution < -0.4 is 15.5 Å². The highest BCUT2D eigenvalue weighted by atomic mass is 16.6. The molecule has 1 fully saturated rings. The summed E-state index contributed by atoms with van der Waals surface area (Å²) >= 11 is 0. The van der Waals surface area contributed by atoms with Gasteiger partial charge in [0.05, 0.1) is 18.0 Å². The normalized spacial score (nSPS) is 19.5. The van der Waals surface area contributed by atoms with Gasteiger partial charge in [-0.3, -0.25) is 19.7 Å². The van der Waals surface area contributed by atoms with Gasteiger partial charge in [-0.15, -0.1) is 0 Å². The number of nitro groups is 1. The van der Waals surface area contributed by atoms with Crippen LogP contribution in [0.1, 0.15) is 6.92 Å². The molecule has 0 saturated carbocycles. The summed E-state index contributed by atoms with van der Waals surface area (Å²) in [6.07, 6.45) is 0. The van der Waals surface area contributed by atoms with Gasteiger partial charge < -0.3 is 15.5 Å². The zero-order valence-electron chi connectivity index (χ0n) is 11.6. The lowest BCUT2D eigenvalue weighted by molar-refractivity contribution is -0.907. The van der Waals surface area contributed by atoms with E-state index in [1.54, 1.807) is 13.0 Å². The third kappa shape index (κ3) is 3.54. The molecule has 0 spiro atoms. The standard InChI is InChI=1S/C13H16N4O4/c1-9(16-7-6-14-12(18)8-16)13(19)15-10-4-2-3-5-11(10)17(20)21/h2-5,9H,6-8H2,1H3,(H,14,18)(H,15,19)/p+1/t9-/m0/s1. The lowest BCUT2D eigenvalue weighted by Crippen LogP contribution is -3.19. The summed E-state index contributed by atoms with van der Waals surface area (Å²) in [6.45, 7) is 3.11. The van der Waals surface area contributed by atoms with E-state index in [4.69, 9.17) is 0 Å². The maximum atomic E-state index is 12.2. The molecule has 1 saturated heterocycles. The molecule has 1 aromatic carbocycles. The number of nitrogens with one attached hydrogen (secondary N) is 3. The fourth-order valence-corrected chi connectivity index (χ4v) is 2.25. The van der Waals surface area contributed by atoms with E-state index in [2.05, 4.69) is 10.6 Å². The number of anilines is 1. The number of amides is 2. The molecule has 112 valence electrons. The molecule has 21 heavy (non-hydrogen) atoms. The third-order valence-electron chi connectivity index (χ3n) is 3.52. The highest BCUT2D eigenvalue weighted by molar-refractivity contribution is 5.95. The Balaban J connectivity index is 2.07. The quantitative estimate of drug-likeness (QED) is 0.486. The average Bonchev–Trinajstić information content (AvgIpc) is 2.46. The minimum atomic E-state index is -0.540. The van der Waals surface area contributed by atoms with Gasteiger partial charge in [-0.05, 0) is 13.0 Å². The van der Waals surface area contributed by atoms with E-state index in [9.17, 15) is 19.7 Å². The van der Waals surface area contributed by atoms with Crippen LogP contribution in [0, 0.1) is 10.1 Å². The Morgan fingerprint density at radius 1 is 1.48 bits per heavy atom. The van der Waals surface area contributed by atoms with E-state index in [-0.39, 0.29) is 29.7 Å². The Morgan fingerprint density at radius 2 is 2.19 bits per heavy atom. The van der Waals surface area contributed by atoms with Crippen molar-refractivity contribution in [1.29, 1.82) is 0 Å². The summed E-state index contributed by atoms with van der Waals surface area (Å²) in [6, 6.07) is 5.52. The van der Waals surface area contributed by atoms with Crippen molar-refractivity contribution in [3.8, 4) is 0 Å². The fraction of sp³-hybridized carbons (Fsp3) is 0.385. The SMILES string of the molecule is C[C@@H](C(=O)Nc1ccccc1[N+](=O)[O-])[NH+]1CCNC(=O)C1. The Hall–Kier alpha value is -2.48. The van der Waals surface area contributed by atoms with Crippen LogP contribution in [0.25, 0.3) is 0 Å². The van der Waals surface area contributed by atoms with Crippen molar-refractivity contribution in [2.75, 3.05) is 25.0 Å². The second-order valence-electron chi connectivity index (χ2n) is 4.92. The minimum Gasteiger partial charge on any atom is -0.346 e. The fourth-order valence-electron chi connectivity index (χ4n) is 2.25. The smallest absolute Gasteiger partial charge is 0.292 e. The van der Waals surface area contributed by atoms with Gasteiger partial charge in [-0.25, -0.2) is 0 Å². The Morgan fingerprint density at radius 3 is 2.86 bits per heavy atom. The minimum absolute atomic E-state index is 0.0957. The molecule has 0 bridgehead atoms. The van der Waals surface area contributed by atoms with Crippen molar-refractivity contribution in [1.82, 2.24) is 5.32 Å². The molecule has 3 N–H and O–H groups in total. The first-order chi connectivity index (χ1) is 9.99. The number of carbonyl (C=O) groups excluding carboxylic acids is 2. The van der Waals surface area contributed by atoms with Crippen LogP contribution in [0.15, 0.2) is 24.3 Å². The molecule has 0 radical (unpaired) electrons. The Labute approximate surface area is 121 Å². The number of hydrogen-bond acceptors (Lipinski definition) is 4. The zero-order chi connectivity index (χ0) is 15.4. The third-order valence-corrected chi connectivity index (χ3v) is 3.52. The van der Waals surface area contributed by atoms with Crippen molar-refractivity contribution in [3.63, 3.8) is 0 Å². The van der Waals surface area contributed by atoms with E-state index in [1.807, 2.05) is 0 Å². The Bertz CT molecular complexity index is 575. The summed E-state index contributed by atoms with van der Waals surface area (Å²) in [5, 5.41) is 16.2. The number of benzene rings is 1. The molecule has 1 heterocycles. The largest absolute Gasteiger partial charge is 0.346 e. The van der Waals surface area contributed by atoms with Gasteiger partial charge in [0.15, 0.2) is 12.6 Å². The van der Waals surface area contributed by atoms with Crippen molar-refractivity contribution in [3.05, 3.63) is 34.4 Å². The average molecular weight is 293 g/mol. The molecule has 8 heteroatoms. The highest BCUT2D eigenvalue weighted by Crippen LogP contribution is 2.22. The molecule has 2 rings (SSSR count). The van der Waals surface area contributed by atoms with E-state index in [1.165, 1.54) is 18.2 Å². The first-order valence-electron chi connectivity index (χ1n) is 6.64. The van der Waals surface area contributed by atoms with E-state index in [0.717, 1.165) is 4.90 Å². The van der Waals surface area contributed by atoms with E-state index in [0.29, 0.717) is 13.1 Å². The molecule has 8 nitrogen and oxygen atoms in total. The monoisotopic (exact) mass is 293 g/mol. The maximum Gasteiger partial charge on any atom is 0.292 e. The summed E-state index contributed by atoms with van der Waals surface area (Å²) in [4.78, 5) is 34.8. The van der Waals surface area contributed by atoms with Crippen molar-refractivity contribution in [2.45, 2.75) is 13.0 Å². The number of rotatable bonds is 4. The second kappa shape index (κ2) is 6.31.